The fourth-order valence-corrected chi connectivity index (χ4v) is 4.23. The Kier molecular flexibility index (Phi) is 3.90. The highest BCUT2D eigenvalue weighted by Crippen LogP contribution is 2.25. The molecule has 0 bridgehead atoms. The number of likely N-dealkylation sites (tertiary alicyclic amines) is 1. The number of hydrogen-bond acceptors (Lipinski definition) is 3. The van der Waals surface area contributed by atoms with Gasteiger partial charge in [0.2, 0.25) is 0 Å². The molecule has 1 aliphatic rings. The summed E-state index contributed by atoms with van der Waals surface area (Å²) in [6.45, 7) is 4.16. The molecule has 3 aromatic rings. The van der Waals surface area contributed by atoms with E-state index in [1.807, 2.05) is 6.07 Å². The Morgan fingerprint density at radius 1 is 1.05 bits per heavy atom. The number of imidazole rings is 1. The van der Waals surface area contributed by atoms with Gasteiger partial charge in [-0.2, -0.15) is 0 Å². The molecule has 3 heterocycles. The minimum atomic E-state index is 0.848. The predicted octanol–water partition coefficient (Wildman–Crippen LogP) is 4.40. The Morgan fingerprint density at radius 2 is 1.86 bits per heavy atom. The van der Waals surface area contributed by atoms with Gasteiger partial charge in [0.15, 0.2) is 0 Å². The van der Waals surface area contributed by atoms with Crippen molar-refractivity contribution in [3.63, 3.8) is 0 Å². The van der Waals surface area contributed by atoms with Crippen LogP contribution in [0, 0.1) is 0 Å². The first-order valence-corrected chi connectivity index (χ1v) is 8.90. The van der Waals surface area contributed by atoms with Gasteiger partial charge in [0.05, 0.1) is 28.5 Å². The molecule has 22 heavy (non-hydrogen) atoms. The molecule has 0 radical (unpaired) electrons. The smallest absolute Gasteiger partial charge is 0.124 e. The second kappa shape index (κ2) is 6.03. The van der Waals surface area contributed by atoms with E-state index in [9.17, 15) is 0 Å². The fourth-order valence-electron chi connectivity index (χ4n) is 3.16. The molecule has 0 unspecified atom stereocenters. The van der Waals surface area contributed by atoms with Crippen LogP contribution in [-0.2, 0) is 13.1 Å². The Bertz CT molecular complexity index is 786. The number of thiophene rings is 1. The molecule has 1 fully saturated rings. The number of fused-ring (bicyclic) bond motifs is 1. The lowest BCUT2D eigenvalue weighted by Crippen LogP contribution is -2.21. The van der Waals surface area contributed by atoms with Gasteiger partial charge in [0, 0.05) is 4.88 Å². The van der Waals surface area contributed by atoms with Crippen molar-refractivity contribution in [1.82, 2.24) is 14.5 Å². The van der Waals surface area contributed by atoms with Gasteiger partial charge in [-0.1, -0.05) is 23.7 Å². The van der Waals surface area contributed by atoms with Gasteiger partial charge < -0.3 is 4.57 Å². The number of aromatic nitrogens is 2. The second-order valence-electron chi connectivity index (χ2n) is 5.79. The Balaban J connectivity index is 1.72. The summed E-state index contributed by atoms with van der Waals surface area (Å²) in [6.07, 6.45) is 2.61. The Morgan fingerprint density at radius 3 is 2.64 bits per heavy atom. The highest BCUT2D eigenvalue weighted by molar-refractivity contribution is 7.16. The van der Waals surface area contributed by atoms with Crippen LogP contribution in [0.1, 0.15) is 23.5 Å². The van der Waals surface area contributed by atoms with Crippen LogP contribution in [0.5, 0.6) is 0 Å². The van der Waals surface area contributed by atoms with Crippen molar-refractivity contribution >= 4 is 34.0 Å². The number of halogens is 1. The van der Waals surface area contributed by atoms with Crippen molar-refractivity contribution in [2.75, 3.05) is 13.1 Å². The summed E-state index contributed by atoms with van der Waals surface area (Å²) >= 11 is 7.73. The lowest BCUT2D eigenvalue weighted by Gasteiger charge is -2.15. The molecule has 1 aromatic carbocycles. The van der Waals surface area contributed by atoms with E-state index < -0.39 is 0 Å². The number of rotatable bonds is 4. The molecule has 114 valence electrons. The molecule has 0 atom stereocenters. The number of hydrogen-bond donors (Lipinski definition) is 0. The SMILES string of the molecule is Clc1ccc(Cn2c(CN3CCCC3)nc3ccccc32)s1. The third-order valence-electron chi connectivity index (χ3n) is 4.24. The Labute approximate surface area is 139 Å². The third-order valence-corrected chi connectivity index (χ3v) is 5.46. The van der Waals surface area contributed by atoms with Crippen LogP contribution in [0.25, 0.3) is 11.0 Å². The molecule has 0 aliphatic carbocycles. The molecule has 1 aliphatic heterocycles. The van der Waals surface area contributed by atoms with Crippen molar-refractivity contribution < 1.29 is 0 Å². The molecule has 0 saturated carbocycles. The maximum Gasteiger partial charge on any atom is 0.124 e. The maximum absolute atomic E-state index is 6.08. The summed E-state index contributed by atoms with van der Waals surface area (Å²) in [7, 11) is 0. The van der Waals surface area contributed by atoms with Crippen molar-refractivity contribution in [1.29, 1.82) is 0 Å². The molecule has 0 amide bonds. The average molecular weight is 332 g/mol. The van der Waals surface area contributed by atoms with Gasteiger partial charge in [-0.05, 0) is 50.2 Å². The van der Waals surface area contributed by atoms with Crippen molar-refractivity contribution in [2.45, 2.75) is 25.9 Å². The summed E-state index contributed by atoms with van der Waals surface area (Å²) in [4.78, 5) is 8.65. The summed E-state index contributed by atoms with van der Waals surface area (Å²) in [5.41, 5.74) is 2.29. The standard InChI is InChI=1S/C17H18ClN3S/c18-16-8-7-13(22-16)11-21-15-6-2-1-5-14(15)19-17(21)12-20-9-3-4-10-20/h1-2,5-8H,3-4,9-12H2. The van der Waals surface area contributed by atoms with Crippen molar-refractivity contribution in [2.24, 2.45) is 0 Å². The highest BCUT2D eigenvalue weighted by atomic mass is 35.5. The fraction of sp³-hybridized carbons (Fsp3) is 0.353. The van der Waals surface area contributed by atoms with Gasteiger partial charge in [0.1, 0.15) is 5.82 Å². The zero-order chi connectivity index (χ0) is 14.9. The van der Waals surface area contributed by atoms with Gasteiger partial charge >= 0.3 is 0 Å². The largest absolute Gasteiger partial charge is 0.322 e. The zero-order valence-electron chi connectivity index (χ0n) is 12.3. The molecule has 5 heteroatoms. The maximum atomic E-state index is 6.08. The monoisotopic (exact) mass is 331 g/mol. The molecule has 0 N–H and O–H groups in total. The quantitative estimate of drug-likeness (QED) is 0.706. The second-order valence-corrected chi connectivity index (χ2v) is 7.59. The molecular formula is C17H18ClN3S. The van der Waals surface area contributed by atoms with Crippen LogP contribution < -0.4 is 0 Å². The highest BCUT2D eigenvalue weighted by Gasteiger charge is 2.17. The predicted molar refractivity (Wildman–Crippen MR) is 92.7 cm³/mol. The summed E-state index contributed by atoms with van der Waals surface area (Å²) in [5.74, 6) is 1.16. The molecular weight excluding hydrogens is 314 g/mol. The van der Waals surface area contributed by atoms with Crippen LogP contribution in [0.3, 0.4) is 0 Å². The molecule has 1 saturated heterocycles. The van der Waals surface area contributed by atoms with Gasteiger partial charge in [-0.3, -0.25) is 4.90 Å². The minimum absolute atomic E-state index is 0.848. The molecule has 3 nitrogen and oxygen atoms in total. The normalized spacial score (nSPS) is 15.9. The van der Waals surface area contributed by atoms with Crippen molar-refractivity contribution in [3.8, 4) is 0 Å². The summed E-state index contributed by atoms with van der Waals surface area (Å²) in [5, 5.41) is 0. The minimum Gasteiger partial charge on any atom is -0.322 e. The van der Waals surface area contributed by atoms with E-state index in [0.717, 1.165) is 28.8 Å². The van der Waals surface area contributed by atoms with E-state index in [1.165, 1.54) is 36.3 Å². The van der Waals surface area contributed by atoms with Crippen LogP contribution in [0.4, 0.5) is 0 Å². The molecule has 0 spiro atoms. The van der Waals surface area contributed by atoms with E-state index in [-0.39, 0.29) is 0 Å². The zero-order valence-corrected chi connectivity index (χ0v) is 13.9. The lowest BCUT2D eigenvalue weighted by atomic mass is 10.3. The first-order valence-electron chi connectivity index (χ1n) is 7.70. The van der Waals surface area contributed by atoms with Gasteiger partial charge in [0.25, 0.3) is 0 Å². The van der Waals surface area contributed by atoms with Crippen molar-refractivity contribution in [3.05, 3.63) is 51.4 Å². The summed E-state index contributed by atoms with van der Waals surface area (Å²) in [6, 6.07) is 12.5. The van der Waals surface area contributed by atoms with Crippen LogP contribution >= 0.6 is 22.9 Å². The van der Waals surface area contributed by atoms with Gasteiger partial charge in [-0.25, -0.2) is 4.98 Å². The van der Waals surface area contributed by atoms with E-state index in [1.54, 1.807) is 11.3 Å². The number of para-hydroxylation sites is 2. The average Bonchev–Trinajstić information content (AvgIpc) is 3.23. The lowest BCUT2D eigenvalue weighted by molar-refractivity contribution is 0.318. The molecule has 4 rings (SSSR count). The van der Waals surface area contributed by atoms with E-state index in [0.29, 0.717) is 0 Å². The first kappa shape index (κ1) is 14.2. The van der Waals surface area contributed by atoms with Crippen LogP contribution in [-0.4, -0.2) is 27.5 Å². The van der Waals surface area contributed by atoms with Crippen LogP contribution in [0.15, 0.2) is 36.4 Å². The number of nitrogens with zero attached hydrogens (tertiary/aromatic N) is 3. The van der Waals surface area contributed by atoms with E-state index in [4.69, 9.17) is 16.6 Å². The molecule has 2 aromatic heterocycles. The topological polar surface area (TPSA) is 21.1 Å². The van der Waals surface area contributed by atoms with Crippen LogP contribution in [0.2, 0.25) is 4.34 Å². The summed E-state index contributed by atoms with van der Waals surface area (Å²) < 4.78 is 3.19. The third kappa shape index (κ3) is 2.78. The number of benzene rings is 1. The first-order chi connectivity index (χ1) is 10.8. The Hall–Kier alpha value is -1.36. The van der Waals surface area contributed by atoms with Gasteiger partial charge in [-0.15, -0.1) is 11.3 Å². The van der Waals surface area contributed by atoms with E-state index in [2.05, 4.69) is 39.8 Å². The van der Waals surface area contributed by atoms with E-state index >= 15 is 0 Å².